The van der Waals surface area contributed by atoms with Crippen molar-refractivity contribution in [3.8, 4) is 0 Å². The maximum atomic E-state index is 12.2. The summed E-state index contributed by atoms with van der Waals surface area (Å²) in [6.45, 7) is 7.73. The van der Waals surface area contributed by atoms with Gasteiger partial charge in [0.25, 0.3) is 5.91 Å². The number of anilines is 1. The molecule has 0 fully saturated rings. The first-order valence-corrected chi connectivity index (χ1v) is 6.67. The quantitative estimate of drug-likeness (QED) is 0.784. The van der Waals surface area contributed by atoms with Gasteiger partial charge in [0.1, 0.15) is 0 Å². The lowest BCUT2D eigenvalue weighted by molar-refractivity contribution is -0.119. The Balaban J connectivity index is 2.94. The van der Waals surface area contributed by atoms with Crippen molar-refractivity contribution >= 4 is 17.5 Å². The molecule has 0 aliphatic heterocycles. The van der Waals surface area contributed by atoms with Crippen molar-refractivity contribution < 1.29 is 9.59 Å². The zero-order chi connectivity index (χ0) is 15.3. The summed E-state index contributed by atoms with van der Waals surface area (Å²) in [6.07, 6.45) is 0. The Morgan fingerprint density at radius 3 is 2.40 bits per heavy atom. The van der Waals surface area contributed by atoms with Crippen LogP contribution >= 0.6 is 0 Å². The van der Waals surface area contributed by atoms with Crippen molar-refractivity contribution in [3.63, 3.8) is 0 Å². The molecule has 5 nitrogen and oxygen atoms in total. The molecule has 1 aromatic rings. The van der Waals surface area contributed by atoms with E-state index in [-0.39, 0.29) is 29.8 Å². The second-order valence-electron chi connectivity index (χ2n) is 5.88. The van der Waals surface area contributed by atoms with Gasteiger partial charge in [-0.3, -0.25) is 9.59 Å². The molecule has 0 heterocycles. The Kier molecular flexibility index (Phi) is 5.27. The molecule has 1 unspecified atom stereocenters. The van der Waals surface area contributed by atoms with E-state index in [1.807, 2.05) is 20.8 Å². The van der Waals surface area contributed by atoms with Crippen LogP contribution in [0.5, 0.6) is 0 Å². The molecule has 1 atom stereocenters. The van der Waals surface area contributed by atoms with Crippen LogP contribution in [0.15, 0.2) is 24.3 Å². The minimum absolute atomic E-state index is 0.191. The van der Waals surface area contributed by atoms with E-state index in [1.165, 1.54) is 0 Å². The lowest BCUT2D eigenvalue weighted by Gasteiger charge is -2.21. The zero-order valence-electron chi connectivity index (χ0n) is 12.5. The Labute approximate surface area is 119 Å². The predicted octanol–water partition coefficient (Wildman–Crippen LogP) is 1.75. The summed E-state index contributed by atoms with van der Waals surface area (Å²) in [5.41, 5.74) is 6.08. The van der Waals surface area contributed by atoms with E-state index in [0.29, 0.717) is 11.3 Å². The van der Waals surface area contributed by atoms with Crippen molar-refractivity contribution in [2.24, 2.45) is 11.7 Å². The standard InChI is InChI=1S/C15H23N3O2/c1-10(9-16)13(19)17-12-8-6-5-7-11(12)14(20)18-15(2,3)4/h5-8,10H,9,16H2,1-4H3,(H,17,19)(H,18,20). The van der Waals surface area contributed by atoms with Gasteiger partial charge in [-0.15, -0.1) is 0 Å². The summed E-state index contributed by atoms with van der Waals surface area (Å²) in [5, 5.41) is 5.63. The number of hydrogen-bond donors (Lipinski definition) is 3. The monoisotopic (exact) mass is 277 g/mol. The summed E-state index contributed by atoms with van der Waals surface area (Å²) < 4.78 is 0. The summed E-state index contributed by atoms with van der Waals surface area (Å²) in [7, 11) is 0. The molecule has 0 saturated heterocycles. The topological polar surface area (TPSA) is 84.2 Å². The van der Waals surface area contributed by atoms with Gasteiger partial charge in [0.2, 0.25) is 5.91 Å². The lowest BCUT2D eigenvalue weighted by atomic mass is 10.1. The number of benzene rings is 1. The van der Waals surface area contributed by atoms with E-state index in [1.54, 1.807) is 31.2 Å². The summed E-state index contributed by atoms with van der Waals surface area (Å²) in [5.74, 6) is -0.703. The third kappa shape index (κ3) is 4.66. The minimum atomic E-state index is -0.335. The molecule has 5 heteroatoms. The van der Waals surface area contributed by atoms with Gasteiger partial charge < -0.3 is 16.4 Å². The molecule has 0 spiro atoms. The molecule has 0 saturated carbocycles. The van der Waals surface area contributed by atoms with Gasteiger partial charge in [-0.25, -0.2) is 0 Å². The summed E-state index contributed by atoms with van der Waals surface area (Å²) in [6, 6.07) is 6.93. The van der Waals surface area contributed by atoms with E-state index in [2.05, 4.69) is 10.6 Å². The summed E-state index contributed by atoms with van der Waals surface area (Å²) >= 11 is 0. The van der Waals surface area contributed by atoms with Crippen LogP contribution in [0.1, 0.15) is 38.1 Å². The van der Waals surface area contributed by atoms with Crippen LogP contribution < -0.4 is 16.4 Å². The Hall–Kier alpha value is -1.88. The van der Waals surface area contributed by atoms with Crippen LogP contribution in [0.3, 0.4) is 0 Å². The fourth-order valence-electron chi connectivity index (χ4n) is 1.56. The predicted molar refractivity (Wildman–Crippen MR) is 80.5 cm³/mol. The highest BCUT2D eigenvalue weighted by Gasteiger charge is 2.19. The fraction of sp³-hybridized carbons (Fsp3) is 0.467. The Morgan fingerprint density at radius 2 is 1.85 bits per heavy atom. The van der Waals surface area contributed by atoms with Gasteiger partial charge in [-0.1, -0.05) is 19.1 Å². The van der Waals surface area contributed by atoms with E-state index >= 15 is 0 Å². The second-order valence-corrected chi connectivity index (χ2v) is 5.88. The molecule has 0 aliphatic carbocycles. The molecule has 4 N–H and O–H groups in total. The van der Waals surface area contributed by atoms with Gasteiger partial charge in [-0.05, 0) is 32.9 Å². The molecule has 110 valence electrons. The number of para-hydroxylation sites is 1. The lowest BCUT2D eigenvalue weighted by Crippen LogP contribution is -2.41. The Bertz CT molecular complexity index is 492. The smallest absolute Gasteiger partial charge is 0.253 e. The normalized spacial score (nSPS) is 12.7. The number of carbonyl (C=O) groups excluding carboxylic acids is 2. The number of hydrogen-bond acceptors (Lipinski definition) is 3. The number of rotatable bonds is 4. The van der Waals surface area contributed by atoms with Gasteiger partial charge in [0.05, 0.1) is 11.3 Å². The van der Waals surface area contributed by atoms with Crippen LogP contribution in [-0.4, -0.2) is 23.9 Å². The van der Waals surface area contributed by atoms with Crippen molar-refractivity contribution in [2.75, 3.05) is 11.9 Å². The first-order valence-electron chi connectivity index (χ1n) is 6.67. The number of nitrogens with one attached hydrogen (secondary N) is 2. The molecule has 0 radical (unpaired) electrons. The van der Waals surface area contributed by atoms with Gasteiger partial charge >= 0.3 is 0 Å². The molecule has 20 heavy (non-hydrogen) atoms. The third-order valence-corrected chi connectivity index (χ3v) is 2.72. The average Bonchev–Trinajstić information content (AvgIpc) is 2.36. The largest absolute Gasteiger partial charge is 0.347 e. The molecule has 2 amide bonds. The van der Waals surface area contributed by atoms with Gasteiger partial charge in [-0.2, -0.15) is 0 Å². The number of carbonyl (C=O) groups is 2. The molecular formula is C15H23N3O2. The van der Waals surface area contributed by atoms with Gasteiger partial charge in [0, 0.05) is 18.0 Å². The first-order chi connectivity index (χ1) is 9.24. The molecule has 1 aromatic carbocycles. The van der Waals surface area contributed by atoms with Crippen LogP contribution in [0.4, 0.5) is 5.69 Å². The second kappa shape index (κ2) is 6.52. The van der Waals surface area contributed by atoms with Crippen molar-refractivity contribution in [3.05, 3.63) is 29.8 Å². The highest BCUT2D eigenvalue weighted by molar-refractivity contribution is 6.04. The van der Waals surface area contributed by atoms with Crippen molar-refractivity contribution in [2.45, 2.75) is 33.2 Å². The molecule has 0 bridgehead atoms. The summed E-state index contributed by atoms with van der Waals surface area (Å²) in [4.78, 5) is 24.1. The van der Waals surface area contributed by atoms with Crippen LogP contribution in [-0.2, 0) is 4.79 Å². The Morgan fingerprint density at radius 1 is 1.25 bits per heavy atom. The van der Waals surface area contributed by atoms with Crippen LogP contribution in [0.2, 0.25) is 0 Å². The van der Waals surface area contributed by atoms with E-state index < -0.39 is 0 Å². The molecule has 0 aliphatic rings. The van der Waals surface area contributed by atoms with E-state index in [0.717, 1.165) is 0 Å². The van der Waals surface area contributed by atoms with E-state index in [4.69, 9.17) is 5.73 Å². The average molecular weight is 277 g/mol. The highest BCUT2D eigenvalue weighted by Crippen LogP contribution is 2.17. The number of amides is 2. The SMILES string of the molecule is CC(CN)C(=O)Nc1ccccc1C(=O)NC(C)(C)C. The van der Waals surface area contributed by atoms with Crippen LogP contribution in [0.25, 0.3) is 0 Å². The van der Waals surface area contributed by atoms with Crippen molar-refractivity contribution in [1.82, 2.24) is 5.32 Å². The molecular weight excluding hydrogens is 254 g/mol. The molecule has 0 aromatic heterocycles. The highest BCUT2D eigenvalue weighted by atomic mass is 16.2. The molecule has 1 rings (SSSR count). The minimum Gasteiger partial charge on any atom is -0.347 e. The van der Waals surface area contributed by atoms with Crippen LogP contribution in [0, 0.1) is 5.92 Å². The fourth-order valence-corrected chi connectivity index (χ4v) is 1.56. The van der Waals surface area contributed by atoms with Gasteiger partial charge in [0.15, 0.2) is 0 Å². The van der Waals surface area contributed by atoms with E-state index in [9.17, 15) is 9.59 Å². The maximum Gasteiger partial charge on any atom is 0.253 e. The van der Waals surface area contributed by atoms with Crippen molar-refractivity contribution in [1.29, 1.82) is 0 Å². The first kappa shape index (κ1) is 16.2. The zero-order valence-corrected chi connectivity index (χ0v) is 12.5. The number of nitrogens with two attached hydrogens (primary N) is 1. The maximum absolute atomic E-state index is 12.2. The third-order valence-electron chi connectivity index (χ3n) is 2.72.